The largest absolute Gasteiger partial charge is 0.496 e. The molecule has 2 heterocycles. The first-order valence-electron chi connectivity index (χ1n) is 14.4. The van der Waals surface area contributed by atoms with E-state index in [1.54, 1.807) is 13.4 Å². The lowest BCUT2D eigenvalue weighted by atomic mass is 10.1. The molecule has 1 aromatic heterocycles. The molecule has 3 N–H and O–H groups in total. The molecule has 10 heteroatoms. The summed E-state index contributed by atoms with van der Waals surface area (Å²) >= 11 is 0. The van der Waals surface area contributed by atoms with Crippen LogP contribution in [0.15, 0.2) is 73.1 Å². The number of piperazine rings is 1. The molecule has 0 saturated carbocycles. The molecule has 4 aromatic rings. The number of likely N-dealkylation sites (N-methyl/N-ethyl adjacent to an activating group) is 1. The molecule has 220 valence electrons. The Morgan fingerprint density at radius 2 is 1.67 bits per heavy atom. The highest BCUT2D eigenvalue weighted by Gasteiger charge is 2.15. The highest BCUT2D eigenvalue weighted by molar-refractivity contribution is 5.99. The summed E-state index contributed by atoms with van der Waals surface area (Å²) in [5, 5.41) is 9.94. The SMILES string of the molecule is COc1cc(OCCCN2CCN(C)CC2)cc2ncnc(NCCc3ccc(NC(=O)Nc4ccccc4)cc3)c12. The van der Waals surface area contributed by atoms with Crippen LogP contribution in [0.3, 0.4) is 0 Å². The fourth-order valence-corrected chi connectivity index (χ4v) is 4.95. The average Bonchev–Trinajstić information content (AvgIpc) is 3.01. The van der Waals surface area contributed by atoms with Crippen LogP contribution in [0.2, 0.25) is 0 Å². The number of nitrogens with one attached hydrogen (secondary N) is 3. The number of hydrogen-bond acceptors (Lipinski definition) is 8. The predicted octanol–water partition coefficient (Wildman–Crippen LogP) is 4.95. The Hall–Kier alpha value is -4.41. The normalized spacial score (nSPS) is 14.0. The smallest absolute Gasteiger partial charge is 0.323 e. The molecule has 0 radical (unpaired) electrons. The third-order valence-corrected chi connectivity index (χ3v) is 7.33. The van der Waals surface area contributed by atoms with Gasteiger partial charge in [-0.2, -0.15) is 0 Å². The Kier molecular flexibility index (Phi) is 10.0. The quantitative estimate of drug-likeness (QED) is 0.206. The summed E-state index contributed by atoms with van der Waals surface area (Å²) in [6, 6.07) is 20.7. The molecule has 0 spiro atoms. The second-order valence-corrected chi connectivity index (χ2v) is 10.4. The van der Waals surface area contributed by atoms with E-state index in [0.29, 0.717) is 24.7 Å². The number of hydrogen-bond donors (Lipinski definition) is 3. The van der Waals surface area contributed by atoms with E-state index in [1.807, 2.05) is 66.7 Å². The van der Waals surface area contributed by atoms with Gasteiger partial charge in [-0.25, -0.2) is 14.8 Å². The standard InChI is InChI=1S/C32H39N7O3/c1-38-16-18-39(19-17-38)15-6-20-42-27-21-28-30(29(22-27)41-2)31(35-23-34-28)33-14-13-24-9-11-26(12-10-24)37-32(40)36-25-7-4-3-5-8-25/h3-5,7-12,21-23H,6,13-20H2,1-2H3,(H,33,34,35)(H2,36,37,40). The van der Waals surface area contributed by atoms with Crippen molar-refractivity contribution in [1.29, 1.82) is 0 Å². The third kappa shape index (κ3) is 8.08. The number of amides is 2. The van der Waals surface area contributed by atoms with Crippen molar-refractivity contribution < 1.29 is 14.3 Å². The first-order chi connectivity index (χ1) is 20.6. The monoisotopic (exact) mass is 569 g/mol. The van der Waals surface area contributed by atoms with Crippen LogP contribution in [-0.4, -0.2) is 85.8 Å². The van der Waals surface area contributed by atoms with Crippen molar-refractivity contribution in [3.8, 4) is 11.5 Å². The van der Waals surface area contributed by atoms with Crippen LogP contribution < -0.4 is 25.4 Å². The van der Waals surface area contributed by atoms with Crippen molar-refractivity contribution in [2.75, 3.05) is 76.0 Å². The minimum Gasteiger partial charge on any atom is -0.496 e. The number of nitrogens with zero attached hydrogens (tertiary/aromatic N) is 4. The summed E-state index contributed by atoms with van der Waals surface area (Å²) in [4.78, 5) is 26.1. The van der Waals surface area contributed by atoms with Gasteiger partial charge in [0.15, 0.2) is 0 Å². The number of carbonyl (C=O) groups excluding carboxylic acids is 1. The van der Waals surface area contributed by atoms with Gasteiger partial charge in [0.1, 0.15) is 23.6 Å². The van der Waals surface area contributed by atoms with Gasteiger partial charge < -0.3 is 35.2 Å². The zero-order chi connectivity index (χ0) is 29.1. The van der Waals surface area contributed by atoms with Gasteiger partial charge in [-0.3, -0.25) is 0 Å². The van der Waals surface area contributed by atoms with E-state index in [0.717, 1.165) is 79.2 Å². The summed E-state index contributed by atoms with van der Waals surface area (Å²) in [6.45, 7) is 6.82. The van der Waals surface area contributed by atoms with Gasteiger partial charge in [0.2, 0.25) is 0 Å². The number of rotatable bonds is 12. The Morgan fingerprint density at radius 3 is 2.40 bits per heavy atom. The number of methoxy groups -OCH3 is 1. The van der Waals surface area contributed by atoms with Gasteiger partial charge in [0.05, 0.1) is 24.6 Å². The van der Waals surface area contributed by atoms with Crippen molar-refractivity contribution >= 4 is 34.1 Å². The van der Waals surface area contributed by atoms with E-state index in [9.17, 15) is 4.79 Å². The fraction of sp³-hybridized carbons (Fsp3) is 0.344. The van der Waals surface area contributed by atoms with Gasteiger partial charge in [-0.15, -0.1) is 0 Å². The van der Waals surface area contributed by atoms with E-state index in [1.165, 1.54) is 0 Å². The maximum Gasteiger partial charge on any atom is 0.323 e. The number of aromatic nitrogens is 2. The summed E-state index contributed by atoms with van der Waals surface area (Å²) in [5.74, 6) is 2.14. The second kappa shape index (κ2) is 14.5. The van der Waals surface area contributed by atoms with E-state index in [-0.39, 0.29) is 6.03 Å². The lowest BCUT2D eigenvalue weighted by molar-refractivity contribution is 0.145. The zero-order valence-electron chi connectivity index (χ0n) is 24.3. The molecule has 0 aliphatic carbocycles. The van der Waals surface area contributed by atoms with Crippen LogP contribution in [-0.2, 0) is 6.42 Å². The first-order valence-corrected chi connectivity index (χ1v) is 14.4. The Morgan fingerprint density at radius 1 is 0.929 bits per heavy atom. The highest BCUT2D eigenvalue weighted by atomic mass is 16.5. The topological polar surface area (TPSA) is 104 Å². The fourth-order valence-electron chi connectivity index (χ4n) is 4.95. The molecule has 1 aliphatic heterocycles. The molecule has 3 aromatic carbocycles. The van der Waals surface area contributed by atoms with E-state index in [4.69, 9.17) is 9.47 Å². The number of benzene rings is 3. The van der Waals surface area contributed by atoms with Crippen molar-refractivity contribution in [3.63, 3.8) is 0 Å². The van der Waals surface area contributed by atoms with Crippen LogP contribution in [0.5, 0.6) is 11.5 Å². The van der Waals surface area contributed by atoms with Crippen LogP contribution in [0.25, 0.3) is 10.9 Å². The molecule has 0 atom stereocenters. The van der Waals surface area contributed by atoms with Crippen LogP contribution in [0.1, 0.15) is 12.0 Å². The molecule has 0 bridgehead atoms. The van der Waals surface area contributed by atoms with Gasteiger partial charge in [0.25, 0.3) is 0 Å². The number of fused-ring (bicyclic) bond motifs is 1. The predicted molar refractivity (Wildman–Crippen MR) is 168 cm³/mol. The Balaban J connectivity index is 1.12. The molecular weight excluding hydrogens is 530 g/mol. The van der Waals surface area contributed by atoms with Crippen molar-refractivity contribution in [2.45, 2.75) is 12.8 Å². The summed E-state index contributed by atoms with van der Waals surface area (Å²) in [5.41, 5.74) is 3.37. The molecule has 42 heavy (non-hydrogen) atoms. The number of para-hydroxylation sites is 1. The van der Waals surface area contributed by atoms with E-state index >= 15 is 0 Å². The third-order valence-electron chi connectivity index (χ3n) is 7.33. The second-order valence-electron chi connectivity index (χ2n) is 10.4. The zero-order valence-corrected chi connectivity index (χ0v) is 24.3. The van der Waals surface area contributed by atoms with Gasteiger partial charge >= 0.3 is 6.03 Å². The van der Waals surface area contributed by atoms with Crippen LogP contribution in [0, 0.1) is 0 Å². The Bertz CT molecular complexity index is 1440. The average molecular weight is 570 g/mol. The molecule has 5 rings (SSSR count). The van der Waals surface area contributed by atoms with E-state index in [2.05, 4.69) is 42.8 Å². The minimum atomic E-state index is -0.278. The maximum atomic E-state index is 12.2. The molecule has 1 fully saturated rings. The van der Waals surface area contributed by atoms with Gasteiger partial charge in [-0.05, 0) is 49.7 Å². The van der Waals surface area contributed by atoms with Crippen molar-refractivity contribution in [2.24, 2.45) is 0 Å². The number of urea groups is 1. The summed E-state index contributed by atoms with van der Waals surface area (Å²) in [7, 11) is 3.82. The first kappa shape index (κ1) is 29.1. The Labute approximate surface area is 247 Å². The number of anilines is 3. The van der Waals surface area contributed by atoms with Crippen LogP contribution in [0.4, 0.5) is 22.0 Å². The molecule has 10 nitrogen and oxygen atoms in total. The van der Waals surface area contributed by atoms with Crippen molar-refractivity contribution in [1.82, 2.24) is 19.8 Å². The maximum absolute atomic E-state index is 12.2. The number of ether oxygens (including phenoxy) is 2. The lowest BCUT2D eigenvalue weighted by Crippen LogP contribution is -2.44. The van der Waals surface area contributed by atoms with Gasteiger partial charge in [-0.1, -0.05) is 30.3 Å². The minimum absolute atomic E-state index is 0.278. The molecule has 0 unspecified atom stereocenters. The lowest BCUT2D eigenvalue weighted by Gasteiger charge is -2.32. The molecule has 1 saturated heterocycles. The molecule has 1 aliphatic rings. The summed E-state index contributed by atoms with van der Waals surface area (Å²) < 4.78 is 11.8. The highest BCUT2D eigenvalue weighted by Crippen LogP contribution is 2.34. The van der Waals surface area contributed by atoms with Crippen LogP contribution >= 0.6 is 0 Å². The summed E-state index contributed by atoms with van der Waals surface area (Å²) in [6.07, 6.45) is 3.31. The van der Waals surface area contributed by atoms with Crippen molar-refractivity contribution in [3.05, 3.63) is 78.6 Å². The number of carbonyl (C=O) groups is 1. The molecule has 2 amide bonds. The molecular formula is C32H39N7O3. The van der Waals surface area contributed by atoms with Gasteiger partial charge in [0, 0.05) is 62.8 Å². The van der Waals surface area contributed by atoms with E-state index < -0.39 is 0 Å².